The Labute approximate surface area is 172 Å². The number of anilines is 1. The summed E-state index contributed by atoms with van der Waals surface area (Å²) < 4.78 is 2.29. The Morgan fingerprint density at radius 3 is 2.11 bits per heavy atom. The Kier molecular flexibility index (Phi) is 8.39. The van der Waals surface area contributed by atoms with E-state index in [0.29, 0.717) is 0 Å². The van der Waals surface area contributed by atoms with Crippen molar-refractivity contribution in [2.45, 2.75) is 78.2 Å². The lowest BCUT2D eigenvalue weighted by Crippen LogP contribution is -2.36. The molecule has 1 aromatic heterocycles. The van der Waals surface area contributed by atoms with E-state index >= 15 is 0 Å². The molecule has 28 heavy (non-hydrogen) atoms. The van der Waals surface area contributed by atoms with Gasteiger partial charge in [-0.05, 0) is 37.2 Å². The lowest BCUT2D eigenvalue weighted by atomic mass is 9.99. The monoisotopic (exact) mass is 379 g/mol. The van der Waals surface area contributed by atoms with Crippen molar-refractivity contribution in [1.29, 1.82) is 0 Å². The molecule has 2 heteroatoms. The Balaban J connectivity index is 1.43. The van der Waals surface area contributed by atoms with Gasteiger partial charge in [-0.1, -0.05) is 70.2 Å². The molecule has 0 unspecified atom stereocenters. The fourth-order valence-corrected chi connectivity index (χ4v) is 4.16. The van der Waals surface area contributed by atoms with E-state index in [1.807, 2.05) is 0 Å². The summed E-state index contributed by atoms with van der Waals surface area (Å²) in [6.45, 7) is 8.00. The van der Waals surface area contributed by atoms with Crippen molar-refractivity contribution < 1.29 is 4.57 Å². The minimum absolute atomic E-state index is 0.883. The highest BCUT2D eigenvalue weighted by Crippen LogP contribution is 2.21. The SMILES string of the molecule is CCCCCCCCc1ccc(C[n+]2ccc(N3CCC(C)CC3)cc2)cc1. The van der Waals surface area contributed by atoms with Crippen molar-refractivity contribution in [2.24, 2.45) is 5.92 Å². The highest BCUT2D eigenvalue weighted by atomic mass is 15.1. The van der Waals surface area contributed by atoms with E-state index in [0.717, 1.165) is 12.5 Å². The molecule has 2 nitrogen and oxygen atoms in total. The molecule has 0 atom stereocenters. The number of aromatic nitrogens is 1. The summed E-state index contributed by atoms with van der Waals surface area (Å²) >= 11 is 0. The van der Waals surface area contributed by atoms with Crippen LogP contribution in [0.2, 0.25) is 0 Å². The molecule has 0 N–H and O–H groups in total. The topological polar surface area (TPSA) is 7.12 Å². The molecule has 0 saturated carbocycles. The third-order valence-corrected chi connectivity index (χ3v) is 6.23. The minimum Gasteiger partial charge on any atom is -0.371 e. The predicted molar refractivity (Wildman–Crippen MR) is 120 cm³/mol. The zero-order valence-electron chi connectivity index (χ0n) is 18.1. The summed E-state index contributed by atoms with van der Waals surface area (Å²) in [6, 6.07) is 13.8. The number of nitrogens with zero attached hydrogens (tertiary/aromatic N) is 2. The molecular formula is C26H39N2+. The average molecular weight is 380 g/mol. The number of unbranched alkanes of at least 4 members (excludes halogenated alkanes) is 5. The molecule has 2 heterocycles. The number of rotatable bonds is 10. The van der Waals surface area contributed by atoms with Crippen LogP contribution in [0.4, 0.5) is 5.69 Å². The van der Waals surface area contributed by atoms with E-state index in [1.54, 1.807) is 0 Å². The predicted octanol–water partition coefficient (Wildman–Crippen LogP) is 6.16. The maximum atomic E-state index is 2.53. The van der Waals surface area contributed by atoms with Gasteiger partial charge in [-0.15, -0.1) is 0 Å². The largest absolute Gasteiger partial charge is 0.371 e. The smallest absolute Gasteiger partial charge is 0.173 e. The number of hydrogen-bond donors (Lipinski definition) is 0. The Bertz CT molecular complexity index is 667. The zero-order valence-corrected chi connectivity index (χ0v) is 18.1. The Morgan fingerprint density at radius 1 is 0.821 bits per heavy atom. The van der Waals surface area contributed by atoms with Crippen LogP contribution in [0.3, 0.4) is 0 Å². The zero-order chi connectivity index (χ0) is 19.6. The normalized spacial score (nSPS) is 15.1. The molecule has 1 aliphatic rings. The first-order valence-electron chi connectivity index (χ1n) is 11.6. The standard InChI is InChI=1S/C26H39N2/c1-3-4-5-6-7-8-9-24-10-12-25(13-11-24)22-27-18-16-26(17-19-27)28-20-14-23(2)15-21-28/h10-13,16-19,23H,3-9,14-15,20-22H2,1-2H3/q+1. The Morgan fingerprint density at radius 2 is 1.43 bits per heavy atom. The molecule has 3 rings (SSSR count). The average Bonchev–Trinajstić information content (AvgIpc) is 2.73. The van der Waals surface area contributed by atoms with Crippen LogP contribution in [0.1, 0.15) is 76.3 Å². The van der Waals surface area contributed by atoms with Crippen LogP contribution >= 0.6 is 0 Å². The third kappa shape index (κ3) is 6.65. The first-order chi connectivity index (χ1) is 13.7. The molecule has 0 radical (unpaired) electrons. The van der Waals surface area contributed by atoms with E-state index in [4.69, 9.17) is 0 Å². The van der Waals surface area contributed by atoms with Crippen molar-refractivity contribution in [1.82, 2.24) is 0 Å². The molecule has 152 valence electrons. The Hall–Kier alpha value is -1.83. The number of benzene rings is 1. The fraction of sp³-hybridized carbons (Fsp3) is 0.577. The van der Waals surface area contributed by atoms with Gasteiger partial charge < -0.3 is 4.90 Å². The third-order valence-electron chi connectivity index (χ3n) is 6.23. The van der Waals surface area contributed by atoms with Gasteiger partial charge in [0.25, 0.3) is 0 Å². The maximum absolute atomic E-state index is 2.53. The molecule has 2 aromatic rings. The fourth-order valence-electron chi connectivity index (χ4n) is 4.16. The van der Waals surface area contributed by atoms with Crippen LogP contribution in [0.15, 0.2) is 48.8 Å². The van der Waals surface area contributed by atoms with Gasteiger partial charge in [-0.25, -0.2) is 4.57 Å². The lowest BCUT2D eigenvalue weighted by molar-refractivity contribution is -0.688. The van der Waals surface area contributed by atoms with E-state index in [9.17, 15) is 0 Å². The van der Waals surface area contributed by atoms with Crippen LogP contribution in [0.25, 0.3) is 0 Å². The van der Waals surface area contributed by atoms with Crippen LogP contribution in [-0.2, 0) is 13.0 Å². The summed E-state index contributed by atoms with van der Waals surface area (Å²) in [5, 5.41) is 0. The minimum atomic E-state index is 0.883. The van der Waals surface area contributed by atoms with E-state index in [-0.39, 0.29) is 0 Å². The van der Waals surface area contributed by atoms with Crippen molar-refractivity contribution in [3.63, 3.8) is 0 Å². The van der Waals surface area contributed by atoms with Crippen LogP contribution < -0.4 is 9.47 Å². The van der Waals surface area contributed by atoms with Crippen molar-refractivity contribution in [2.75, 3.05) is 18.0 Å². The van der Waals surface area contributed by atoms with E-state index < -0.39 is 0 Å². The highest BCUT2D eigenvalue weighted by Gasteiger charge is 2.16. The number of pyridine rings is 1. The van der Waals surface area contributed by atoms with Gasteiger partial charge in [-0.2, -0.15) is 0 Å². The van der Waals surface area contributed by atoms with E-state index in [1.165, 1.54) is 87.7 Å². The van der Waals surface area contributed by atoms with Gasteiger partial charge in [0.1, 0.15) is 0 Å². The second-order valence-corrected chi connectivity index (χ2v) is 8.73. The first-order valence-corrected chi connectivity index (χ1v) is 11.6. The van der Waals surface area contributed by atoms with Gasteiger partial charge >= 0.3 is 0 Å². The molecule has 1 aliphatic heterocycles. The second-order valence-electron chi connectivity index (χ2n) is 8.73. The molecule has 1 aromatic carbocycles. The molecule has 0 bridgehead atoms. The highest BCUT2D eigenvalue weighted by molar-refractivity contribution is 5.44. The molecule has 1 fully saturated rings. The van der Waals surface area contributed by atoms with Gasteiger partial charge in [0.05, 0.1) is 0 Å². The molecular weight excluding hydrogens is 340 g/mol. The first kappa shape index (κ1) is 20.9. The molecule has 0 amide bonds. The van der Waals surface area contributed by atoms with Gasteiger partial charge in [0.15, 0.2) is 18.9 Å². The second kappa shape index (κ2) is 11.2. The summed E-state index contributed by atoms with van der Waals surface area (Å²) in [6.07, 6.45) is 16.6. The van der Waals surface area contributed by atoms with Crippen molar-refractivity contribution >= 4 is 5.69 Å². The van der Waals surface area contributed by atoms with E-state index in [2.05, 4.69) is 72.1 Å². The van der Waals surface area contributed by atoms with Gasteiger partial charge in [0.2, 0.25) is 0 Å². The summed E-state index contributed by atoms with van der Waals surface area (Å²) in [5.41, 5.74) is 4.24. The van der Waals surface area contributed by atoms with Crippen molar-refractivity contribution in [3.8, 4) is 0 Å². The number of hydrogen-bond acceptors (Lipinski definition) is 1. The molecule has 1 saturated heterocycles. The van der Waals surface area contributed by atoms with Gasteiger partial charge in [0, 0.05) is 36.5 Å². The van der Waals surface area contributed by atoms with Crippen LogP contribution in [0, 0.1) is 5.92 Å². The van der Waals surface area contributed by atoms with Crippen LogP contribution in [-0.4, -0.2) is 13.1 Å². The summed E-state index contributed by atoms with van der Waals surface area (Å²) in [4.78, 5) is 2.53. The number of piperidine rings is 1. The van der Waals surface area contributed by atoms with Crippen molar-refractivity contribution in [3.05, 3.63) is 59.9 Å². The quantitative estimate of drug-likeness (QED) is 0.354. The molecule has 0 spiro atoms. The number of aryl methyl sites for hydroxylation is 1. The van der Waals surface area contributed by atoms with Crippen LogP contribution in [0.5, 0.6) is 0 Å². The summed E-state index contributed by atoms with van der Waals surface area (Å²) in [5.74, 6) is 0.883. The summed E-state index contributed by atoms with van der Waals surface area (Å²) in [7, 11) is 0. The lowest BCUT2D eigenvalue weighted by Gasteiger charge is -2.31. The van der Waals surface area contributed by atoms with Gasteiger partial charge in [-0.3, -0.25) is 0 Å². The molecule has 0 aliphatic carbocycles. The maximum Gasteiger partial charge on any atom is 0.173 e.